The maximum atomic E-state index is 11.8. The predicted molar refractivity (Wildman–Crippen MR) is 73.7 cm³/mol. The minimum atomic E-state index is -4.35. The first-order chi connectivity index (χ1) is 9.35. The summed E-state index contributed by atoms with van der Waals surface area (Å²) in [6.07, 6.45) is 0.741. The highest BCUT2D eigenvalue weighted by molar-refractivity contribution is 7.52. The zero-order chi connectivity index (χ0) is 14.8. The molecular formula is C13H15N2O4P. The summed E-state index contributed by atoms with van der Waals surface area (Å²) in [5.74, 6) is -0.588. The molecule has 0 unspecified atom stereocenters. The number of hydrogen-bond donors (Lipinski definition) is 2. The van der Waals surface area contributed by atoms with E-state index < -0.39 is 19.5 Å². The maximum Gasteiger partial charge on any atom is 0.333 e. The smallest absolute Gasteiger partial charge is 0.324 e. The standard InChI is InChI=1S/C13H15N2O4P/c1-10-12(13(16)9-20(17,18)19)8-15(14-10)7-11-5-3-2-4-6-11/h2-6,8H,7,9H2,1H3,(H2,17,18,19). The minimum Gasteiger partial charge on any atom is -0.324 e. The third-order valence-corrected chi connectivity index (χ3v) is 3.48. The average molecular weight is 294 g/mol. The number of aryl methyl sites for hydroxylation is 1. The molecule has 0 saturated heterocycles. The summed E-state index contributed by atoms with van der Waals surface area (Å²) in [5.41, 5.74) is 1.76. The normalized spacial score (nSPS) is 11.6. The molecule has 2 aromatic rings. The van der Waals surface area contributed by atoms with E-state index in [0.717, 1.165) is 5.56 Å². The van der Waals surface area contributed by atoms with Gasteiger partial charge in [0.15, 0.2) is 5.78 Å². The topological polar surface area (TPSA) is 92.4 Å². The van der Waals surface area contributed by atoms with E-state index in [9.17, 15) is 9.36 Å². The van der Waals surface area contributed by atoms with E-state index in [1.54, 1.807) is 11.6 Å². The molecule has 106 valence electrons. The van der Waals surface area contributed by atoms with Crippen LogP contribution in [-0.4, -0.2) is 31.5 Å². The van der Waals surface area contributed by atoms with Gasteiger partial charge in [-0.15, -0.1) is 0 Å². The van der Waals surface area contributed by atoms with Crippen LogP contribution >= 0.6 is 7.60 Å². The van der Waals surface area contributed by atoms with E-state index in [1.807, 2.05) is 30.3 Å². The molecule has 2 rings (SSSR count). The quantitative estimate of drug-likeness (QED) is 0.645. The summed E-state index contributed by atoms with van der Waals surface area (Å²) < 4.78 is 12.5. The SMILES string of the molecule is Cc1nn(Cc2ccccc2)cc1C(=O)CP(=O)(O)O. The summed E-state index contributed by atoms with van der Waals surface area (Å²) in [7, 11) is -4.35. The number of Topliss-reactive ketones (excluding diaryl/α,β-unsaturated/α-hetero) is 1. The van der Waals surface area contributed by atoms with Gasteiger partial charge in [-0.25, -0.2) is 0 Å². The van der Waals surface area contributed by atoms with Crippen molar-refractivity contribution >= 4 is 13.4 Å². The van der Waals surface area contributed by atoms with Gasteiger partial charge < -0.3 is 9.79 Å². The molecule has 0 amide bonds. The van der Waals surface area contributed by atoms with Gasteiger partial charge in [0.05, 0.1) is 17.8 Å². The number of aromatic nitrogens is 2. The maximum absolute atomic E-state index is 11.8. The molecular weight excluding hydrogens is 279 g/mol. The Morgan fingerprint density at radius 1 is 1.30 bits per heavy atom. The van der Waals surface area contributed by atoms with Crippen molar-refractivity contribution in [1.82, 2.24) is 9.78 Å². The summed E-state index contributed by atoms with van der Waals surface area (Å²) in [4.78, 5) is 29.5. The molecule has 1 heterocycles. The van der Waals surface area contributed by atoms with Crippen LogP contribution in [-0.2, 0) is 11.1 Å². The van der Waals surface area contributed by atoms with Gasteiger partial charge >= 0.3 is 7.60 Å². The van der Waals surface area contributed by atoms with Crippen LogP contribution in [0.1, 0.15) is 21.6 Å². The van der Waals surface area contributed by atoms with Crippen molar-refractivity contribution in [2.24, 2.45) is 0 Å². The van der Waals surface area contributed by atoms with Gasteiger partial charge in [-0.2, -0.15) is 5.10 Å². The van der Waals surface area contributed by atoms with Gasteiger partial charge in [0.25, 0.3) is 0 Å². The predicted octanol–water partition coefficient (Wildman–Crippen LogP) is 1.60. The van der Waals surface area contributed by atoms with Crippen LogP contribution in [0.3, 0.4) is 0 Å². The fourth-order valence-corrected chi connectivity index (χ4v) is 2.46. The second-order valence-electron chi connectivity index (χ2n) is 4.56. The van der Waals surface area contributed by atoms with Gasteiger partial charge in [-0.05, 0) is 12.5 Å². The lowest BCUT2D eigenvalue weighted by Crippen LogP contribution is -2.06. The highest BCUT2D eigenvalue weighted by Gasteiger charge is 2.23. The first-order valence-electron chi connectivity index (χ1n) is 6.01. The van der Waals surface area contributed by atoms with Crippen molar-refractivity contribution in [3.05, 3.63) is 53.3 Å². The lowest BCUT2D eigenvalue weighted by Gasteiger charge is -2.01. The Bertz CT molecular complexity index is 660. The number of benzene rings is 1. The Morgan fingerprint density at radius 3 is 2.55 bits per heavy atom. The first kappa shape index (κ1) is 14.7. The van der Waals surface area contributed by atoms with E-state index in [2.05, 4.69) is 5.10 Å². The van der Waals surface area contributed by atoms with Gasteiger partial charge in [-0.1, -0.05) is 30.3 Å². The number of carbonyl (C=O) groups is 1. The zero-order valence-electron chi connectivity index (χ0n) is 10.9. The molecule has 0 spiro atoms. The minimum absolute atomic E-state index is 0.254. The van der Waals surface area contributed by atoms with Crippen LogP contribution in [0.2, 0.25) is 0 Å². The summed E-state index contributed by atoms with van der Waals surface area (Å²) >= 11 is 0. The highest BCUT2D eigenvalue weighted by atomic mass is 31.2. The van der Waals surface area contributed by atoms with Crippen molar-refractivity contribution in [3.63, 3.8) is 0 Å². The number of hydrogen-bond acceptors (Lipinski definition) is 3. The number of rotatable bonds is 5. The fourth-order valence-electron chi connectivity index (χ4n) is 1.92. The van der Waals surface area contributed by atoms with Crippen LogP contribution in [0.4, 0.5) is 0 Å². The Labute approximate surface area is 116 Å². The lowest BCUT2D eigenvalue weighted by atomic mass is 10.2. The summed E-state index contributed by atoms with van der Waals surface area (Å²) in [5, 5.41) is 4.20. The van der Waals surface area contributed by atoms with Crippen LogP contribution in [0.25, 0.3) is 0 Å². The Kier molecular flexibility index (Phi) is 4.18. The van der Waals surface area contributed by atoms with Crippen LogP contribution < -0.4 is 0 Å². The molecule has 0 saturated carbocycles. The van der Waals surface area contributed by atoms with E-state index >= 15 is 0 Å². The molecule has 2 N–H and O–H groups in total. The Balaban J connectivity index is 2.17. The van der Waals surface area contributed by atoms with Gasteiger partial charge in [-0.3, -0.25) is 14.0 Å². The third kappa shape index (κ3) is 3.87. The van der Waals surface area contributed by atoms with Gasteiger partial charge in [0.2, 0.25) is 0 Å². The second kappa shape index (κ2) is 5.71. The molecule has 6 nitrogen and oxygen atoms in total. The van der Waals surface area contributed by atoms with Crippen LogP contribution in [0.5, 0.6) is 0 Å². The Morgan fingerprint density at radius 2 is 1.95 bits per heavy atom. The van der Waals surface area contributed by atoms with Gasteiger partial charge in [0, 0.05) is 6.20 Å². The van der Waals surface area contributed by atoms with E-state index in [-0.39, 0.29) is 5.56 Å². The zero-order valence-corrected chi connectivity index (χ0v) is 11.8. The van der Waals surface area contributed by atoms with Crippen LogP contribution in [0.15, 0.2) is 36.5 Å². The summed E-state index contributed by atoms with van der Waals surface area (Å²) in [6.45, 7) is 2.15. The second-order valence-corrected chi connectivity index (χ2v) is 6.20. The molecule has 20 heavy (non-hydrogen) atoms. The first-order valence-corrected chi connectivity index (χ1v) is 7.81. The number of carbonyl (C=O) groups excluding carboxylic acids is 1. The molecule has 0 aliphatic rings. The van der Waals surface area contributed by atoms with Crippen molar-refractivity contribution in [1.29, 1.82) is 0 Å². The molecule has 0 fully saturated rings. The number of nitrogens with zero attached hydrogens (tertiary/aromatic N) is 2. The molecule has 1 aromatic heterocycles. The average Bonchev–Trinajstić information content (AvgIpc) is 2.69. The number of ketones is 1. The summed E-state index contributed by atoms with van der Waals surface area (Å²) in [6, 6.07) is 9.60. The molecule has 0 radical (unpaired) electrons. The van der Waals surface area contributed by atoms with Gasteiger partial charge in [0.1, 0.15) is 6.16 Å². The molecule has 1 aromatic carbocycles. The molecule has 0 atom stereocenters. The van der Waals surface area contributed by atoms with E-state index in [0.29, 0.717) is 12.2 Å². The van der Waals surface area contributed by atoms with E-state index in [1.165, 1.54) is 6.20 Å². The Hall–Kier alpha value is -1.75. The third-order valence-electron chi connectivity index (χ3n) is 2.78. The molecule has 7 heteroatoms. The van der Waals surface area contributed by atoms with Crippen molar-refractivity contribution in [2.45, 2.75) is 13.5 Å². The molecule has 0 aliphatic heterocycles. The molecule has 0 bridgehead atoms. The van der Waals surface area contributed by atoms with Crippen LogP contribution in [0, 0.1) is 6.92 Å². The monoisotopic (exact) mass is 294 g/mol. The van der Waals surface area contributed by atoms with Crippen molar-refractivity contribution in [2.75, 3.05) is 6.16 Å². The van der Waals surface area contributed by atoms with Crippen molar-refractivity contribution in [3.8, 4) is 0 Å². The molecule has 0 aliphatic carbocycles. The largest absolute Gasteiger partial charge is 0.333 e. The highest BCUT2D eigenvalue weighted by Crippen LogP contribution is 2.35. The van der Waals surface area contributed by atoms with Crippen molar-refractivity contribution < 1.29 is 19.1 Å². The lowest BCUT2D eigenvalue weighted by molar-refractivity contribution is 0.101. The van der Waals surface area contributed by atoms with E-state index in [4.69, 9.17) is 9.79 Å². The fraction of sp³-hybridized carbons (Fsp3) is 0.231.